The molecule has 0 saturated heterocycles. The average molecular weight is 272 g/mol. The van der Waals surface area contributed by atoms with Gasteiger partial charge in [0.15, 0.2) is 0 Å². The molecular formula is C11H14ClN3O3. The Labute approximate surface area is 109 Å². The number of nitrogens with one attached hydrogen (secondary N) is 2. The monoisotopic (exact) mass is 271 g/mol. The van der Waals surface area contributed by atoms with Gasteiger partial charge in [0.1, 0.15) is 5.69 Å². The number of carbonyl (C=O) groups excluding carboxylic acids is 1. The number of hydrogen-bond donors (Lipinski definition) is 2. The molecule has 98 valence electrons. The molecule has 6 nitrogen and oxygen atoms in total. The highest BCUT2D eigenvalue weighted by molar-refractivity contribution is 6.34. The lowest BCUT2D eigenvalue weighted by atomic mass is 10.1. The zero-order valence-corrected chi connectivity index (χ0v) is 10.9. The zero-order valence-electron chi connectivity index (χ0n) is 10.1. The van der Waals surface area contributed by atoms with E-state index in [9.17, 15) is 14.9 Å². The highest BCUT2D eigenvalue weighted by atomic mass is 35.5. The predicted molar refractivity (Wildman–Crippen MR) is 70.3 cm³/mol. The van der Waals surface area contributed by atoms with E-state index < -0.39 is 4.92 Å². The van der Waals surface area contributed by atoms with Gasteiger partial charge in [0.05, 0.1) is 9.95 Å². The van der Waals surface area contributed by atoms with Crippen LogP contribution in [-0.2, 0) is 0 Å². The summed E-state index contributed by atoms with van der Waals surface area (Å²) in [5.41, 5.74) is 0.166. The molecule has 0 unspecified atom stereocenters. The van der Waals surface area contributed by atoms with Gasteiger partial charge in [-0.15, -0.1) is 0 Å². The molecule has 1 rings (SSSR count). The van der Waals surface area contributed by atoms with Gasteiger partial charge in [-0.1, -0.05) is 18.5 Å². The molecule has 1 aromatic carbocycles. The summed E-state index contributed by atoms with van der Waals surface area (Å²) in [6.45, 7) is 2.43. The summed E-state index contributed by atoms with van der Waals surface area (Å²) < 4.78 is 0. The number of amides is 1. The second-order valence-corrected chi connectivity index (χ2v) is 4.02. The van der Waals surface area contributed by atoms with Gasteiger partial charge in [0.2, 0.25) is 0 Å². The van der Waals surface area contributed by atoms with E-state index in [4.69, 9.17) is 11.6 Å². The van der Waals surface area contributed by atoms with Crippen LogP contribution in [0.5, 0.6) is 0 Å². The minimum absolute atomic E-state index is 0.147. The van der Waals surface area contributed by atoms with E-state index in [0.29, 0.717) is 6.54 Å². The van der Waals surface area contributed by atoms with Crippen LogP contribution in [0.25, 0.3) is 0 Å². The molecule has 2 N–H and O–H groups in total. The lowest BCUT2D eigenvalue weighted by Crippen LogP contribution is -2.24. The molecule has 1 aromatic rings. The van der Waals surface area contributed by atoms with Crippen molar-refractivity contribution < 1.29 is 9.72 Å². The third-order valence-electron chi connectivity index (χ3n) is 2.31. The fraction of sp³-hybridized carbons (Fsp3) is 0.364. The molecule has 0 saturated carbocycles. The highest BCUT2D eigenvalue weighted by Gasteiger charge is 2.20. The summed E-state index contributed by atoms with van der Waals surface area (Å²) in [7, 11) is 1.53. The van der Waals surface area contributed by atoms with Crippen LogP contribution in [0.3, 0.4) is 0 Å². The first kappa shape index (κ1) is 14.2. The Morgan fingerprint density at radius 3 is 2.67 bits per heavy atom. The van der Waals surface area contributed by atoms with E-state index in [-0.39, 0.29) is 27.9 Å². The van der Waals surface area contributed by atoms with Crippen molar-refractivity contribution in [3.63, 3.8) is 0 Å². The number of nitrogens with zero attached hydrogens (tertiary/aromatic N) is 1. The number of anilines is 1. The second kappa shape index (κ2) is 6.20. The quantitative estimate of drug-likeness (QED) is 0.636. The minimum Gasteiger partial charge on any atom is -0.381 e. The van der Waals surface area contributed by atoms with Crippen LogP contribution in [-0.4, -0.2) is 24.4 Å². The molecule has 18 heavy (non-hydrogen) atoms. The first-order valence-electron chi connectivity index (χ1n) is 5.45. The van der Waals surface area contributed by atoms with Gasteiger partial charge in [0, 0.05) is 25.2 Å². The van der Waals surface area contributed by atoms with Crippen LogP contribution < -0.4 is 10.6 Å². The molecule has 0 aliphatic rings. The number of hydrogen-bond acceptors (Lipinski definition) is 4. The van der Waals surface area contributed by atoms with Crippen molar-refractivity contribution in [2.45, 2.75) is 13.3 Å². The number of nitro groups is 1. The van der Waals surface area contributed by atoms with E-state index in [0.717, 1.165) is 6.42 Å². The molecular weight excluding hydrogens is 258 g/mol. The van der Waals surface area contributed by atoms with Crippen molar-refractivity contribution in [1.29, 1.82) is 0 Å². The first-order chi connectivity index (χ1) is 8.51. The Kier molecular flexibility index (Phi) is 4.91. The third kappa shape index (κ3) is 3.10. The molecule has 0 aromatic heterocycles. The van der Waals surface area contributed by atoms with Gasteiger partial charge in [-0.3, -0.25) is 14.9 Å². The summed E-state index contributed by atoms with van der Waals surface area (Å²) in [5, 5.41) is 16.3. The molecule has 0 fully saturated rings. The summed E-state index contributed by atoms with van der Waals surface area (Å²) in [6, 6.07) is 2.62. The topological polar surface area (TPSA) is 84.3 Å². The van der Waals surface area contributed by atoms with E-state index >= 15 is 0 Å². The minimum atomic E-state index is -0.575. The molecule has 0 bridgehead atoms. The number of nitro benzene ring substituents is 1. The van der Waals surface area contributed by atoms with Crippen LogP contribution in [0.1, 0.15) is 23.7 Å². The van der Waals surface area contributed by atoms with Crippen LogP contribution in [0.4, 0.5) is 11.4 Å². The van der Waals surface area contributed by atoms with Gasteiger partial charge in [-0.05, 0) is 12.5 Å². The van der Waals surface area contributed by atoms with Gasteiger partial charge in [-0.2, -0.15) is 0 Å². The second-order valence-electron chi connectivity index (χ2n) is 3.62. The maximum absolute atomic E-state index is 11.7. The molecule has 7 heteroatoms. The normalized spacial score (nSPS) is 9.94. The Morgan fingerprint density at radius 1 is 1.50 bits per heavy atom. The Balaban J connectivity index is 3.16. The fourth-order valence-corrected chi connectivity index (χ4v) is 1.76. The summed E-state index contributed by atoms with van der Waals surface area (Å²) in [4.78, 5) is 22.0. The standard InChI is InChI=1S/C11H14ClN3O3/c1-3-4-14-11(16)7-5-8(12)10(13-2)9(6-7)15(17)18/h5-6,13H,3-4H2,1-2H3,(H,14,16). The van der Waals surface area contributed by atoms with Gasteiger partial charge >= 0.3 is 0 Å². The number of rotatable bonds is 5. The van der Waals surface area contributed by atoms with Crippen molar-refractivity contribution >= 4 is 28.9 Å². The summed E-state index contributed by atoms with van der Waals surface area (Å²) in [5.74, 6) is -0.371. The molecule has 0 heterocycles. The molecule has 0 aliphatic heterocycles. The van der Waals surface area contributed by atoms with Crippen molar-refractivity contribution in [3.8, 4) is 0 Å². The average Bonchev–Trinajstić information content (AvgIpc) is 2.34. The SMILES string of the molecule is CCCNC(=O)c1cc(Cl)c(NC)c([N+](=O)[O-])c1. The first-order valence-corrected chi connectivity index (χ1v) is 5.83. The van der Waals surface area contributed by atoms with E-state index in [2.05, 4.69) is 10.6 Å². The van der Waals surface area contributed by atoms with Crippen LogP contribution >= 0.6 is 11.6 Å². The fourth-order valence-electron chi connectivity index (χ4n) is 1.46. The third-order valence-corrected chi connectivity index (χ3v) is 2.61. The lowest BCUT2D eigenvalue weighted by Gasteiger charge is -2.08. The number of benzene rings is 1. The largest absolute Gasteiger partial charge is 0.381 e. The molecule has 0 atom stereocenters. The van der Waals surface area contributed by atoms with Crippen molar-refractivity contribution in [2.24, 2.45) is 0 Å². The number of halogens is 1. The molecule has 0 radical (unpaired) electrons. The van der Waals surface area contributed by atoms with Gasteiger partial charge in [0.25, 0.3) is 11.6 Å². The Bertz CT molecular complexity index is 477. The zero-order chi connectivity index (χ0) is 13.7. The maximum Gasteiger partial charge on any atom is 0.294 e. The van der Waals surface area contributed by atoms with Crippen LogP contribution in [0, 0.1) is 10.1 Å². The lowest BCUT2D eigenvalue weighted by molar-refractivity contribution is -0.383. The highest BCUT2D eigenvalue weighted by Crippen LogP contribution is 2.33. The number of carbonyl (C=O) groups is 1. The van der Waals surface area contributed by atoms with E-state index in [1.807, 2.05) is 6.92 Å². The smallest absolute Gasteiger partial charge is 0.294 e. The van der Waals surface area contributed by atoms with Gasteiger partial charge in [-0.25, -0.2) is 0 Å². The van der Waals surface area contributed by atoms with Crippen LogP contribution in [0.2, 0.25) is 5.02 Å². The van der Waals surface area contributed by atoms with Gasteiger partial charge < -0.3 is 10.6 Å². The molecule has 0 spiro atoms. The van der Waals surface area contributed by atoms with E-state index in [1.54, 1.807) is 0 Å². The predicted octanol–water partition coefficient (Wildman–Crippen LogP) is 2.43. The van der Waals surface area contributed by atoms with Crippen molar-refractivity contribution in [2.75, 3.05) is 18.9 Å². The summed E-state index contributed by atoms with van der Waals surface area (Å²) >= 11 is 5.91. The molecule has 1 amide bonds. The molecule has 0 aliphatic carbocycles. The van der Waals surface area contributed by atoms with Crippen LogP contribution in [0.15, 0.2) is 12.1 Å². The Morgan fingerprint density at radius 2 is 2.17 bits per heavy atom. The van der Waals surface area contributed by atoms with Crippen molar-refractivity contribution in [1.82, 2.24) is 5.32 Å². The maximum atomic E-state index is 11.7. The summed E-state index contributed by atoms with van der Waals surface area (Å²) in [6.07, 6.45) is 0.788. The Hall–Kier alpha value is -1.82. The van der Waals surface area contributed by atoms with E-state index in [1.165, 1.54) is 19.2 Å². The van der Waals surface area contributed by atoms with Crippen molar-refractivity contribution in [3.05, 3.63) is 32.8 Å².